The number of nitrogens with one attached hydrogen (secondary N) is 1. The summed E-state index contributed by atoms with van der Waals surface area (Å²) in [6.07, 6.45) is 4.01. The van der Waals surface area contributed by atoms with Crippen molar-refractivity contribution in [1.82, 2.24) is 15.1 Å². The third kappa shape index (κ3) is 5.21. The lowest BCUT2D eigenvalue weighted by Gasteiger charge is -2.24. The summed E-state index contributed by atoms with van der Waals surface area (Å²) < 4.78 is 6.20. The first-order chi connectivity index (χ1) is 17.5. The molecule has 2 heterocycles. The number of hydrogen-bond donors (Lipinski definition) is 1. The van der Waals surface area contributed by atoms with E-state index in [-0.39, 0.29) is 0 Å². The first-order valence-corrected chi connectivity index (χ1v) is 13.3. The van der Waals surface area contributed by atoms with Gasteiger partial charge in [-0.3, -0.25) is 10.00 Å². The van der Waals surface area contributed by atoms with Gasteiger partial charge in [-0.15, -0.1) is 0 Å². The number of H-pyrrole nitrogens is 1. The molecular formula is C31H34ClN3O. The number of nitrogens with zero attached hydrogens (tertiary/aromatic N) is 2. The fraction of sp³-hybridized carbons (Fsp3) is 0.323. The summed E-state index contributed by atoms with van der Waals surface area (Å²) in [5.41, 5.74) is 6.78. The third-order valence-corrected chi connectivity index (χ3v) is 7.63. The Morgan fingerprint density at radius 2 is 1.89 bits per heavy atom. The van der Waals surface area contributed by atoms with Crippen molar-refractivity contribution in [3.05, 3.63) is 94.6 Å². The van der Waals surface area contributed by atoms with Gasteiger partial charge in [0.1, 0.15) is 12.4 Å². The minimum absolute atomic E-state index is 0.415. The van der Waals surface area contributed by atoms with Crippen LogP contribution in [0.15, 0.2) is 72.9 Å². The van der Waals surface area contributed by atoms with E-state index in [4.69, 9.17) is 16.3 Å². The van der Waals surface area contributed by atoms with Crippen molar-refractivity contribution < 1.29 is 4.74 Å². The third-order valence-electron chi connectivity index (χ3n) is 7.30. The quantitative estimate of drug-likeness (QED) is 0.252. The van der Waals surface area contributed by atoms with Gasteiger partial charge in [-0.2, -0.15) is 5.10 Å². The monoisotopic (exact) mass is 499 g/mol. The summed E-state index contributed by atoms with van der Waals surface area (Å²) >= 11 is 6.68. The Balaban J connectivity index is 1.48. The number of ether oxygens (including phenoxy) is 1. The molecule has 1 aromatic heterocycles. The van der Waals surface area contributed by atoms with Gasteiger partial charge < -0.3 is 4.74 Å². The van der Waals surface area contributed by atoms with E-state index in [1.165, 1.54) is 30.7 Å². The topological polar surface area (TPSA) is 41.1 Å². The van der Waals surface area contributed by atoms with Gasteiger partial charge in [0.2, 0.25) is 0 Å². The van der Waals surface area contributed by atoms with Crippen LogP contribution in [0.1, 0.15) is 50.3 Å². The summed E-state index contributed by atoms with van der Waals surface area (Å²) in [5, 5.41) is 9.12. The van der Waals surface area contributed by atoms with Crippen LogP contribution in [0.2, 0.25) is 5.02 Å². The fourth-order valence-electron chi connectivity index (χ4n) is 5.23. The number of rotatable bonds is 8. The van der Waals surface area contributed by atoms with E-state index >= 15 is 0 Å². The largest absolute Gasteiger partial charge is 0.492 e. The molecule has 1 aliphatic rings. The second-order valence-corrected chi connectivity index (χ2v) is 10.3. The number of likely N-dealkylation sites (tertiary alicyclic amines) is 1. The van der Waals surface area contributed by atoms with Crippen molar-refractivity contribution in [3.63, 3.8) is 0 Å². The van der Waals surface area contributed by atoms with Gasteiger partial charge in [-0.25, -0.2) is 0 Å². The average molecular weight is 500 g/mol. The molecule has 1 saturated heterocycles. The van der Waals surface area contributed by atoms with E-state index in [0.29, 0.717) is 12.6 Å². The zero-order valence-electron chi connectivity index (χ0n) is 21.3. The van der Waals surface area contributed by atoms with E-state index in [0.717, 1.165) is 50.7 Å². The molecule has 0 spiro atoms. The number of halogens is 1. The van der Waals surface area contributed by atoms with Crippen LogP contribution in [0.3, 0.4) is 0 Å². The van der Waals surface area contributed by atoms with Crippen molar-refractivity contribution in [2.75, 3.05) is 19.7 Å². The van der Waals surface area contributed by atoms with E-state index in [9.17, 15) is 0 Å². The molecule has 186 valence electrons. The molecule has 0 aliphatic carbocycles. The van der Waals surface area contributed by atoms with Gasteiger partial charge in [0.05, 0.1) is 11.7 Å². The zero-order valence-corrected chi connectivity index (χ0v) is 22.1. The lowest BCUT2D eigenvalue weighted by atomic mass is 9.88. The molecule has 0 amide bonds. The Morgan fingerprint density at radius 1 is 1.11 bits per heavy atom. The lowest BCUT2D eigenvalue weighted by Crippen LogP contribution is -2.35. The van der Waals surface area contributed by atoms with Gasteiger partial charge in [0.15, 0.2) is 0 Å². The summed E-state index contributed by atoms with van der Waals surface area (Å²) in [6, 6.07) is 23.5. The van der Waals surface area contributed by atoms with E-state index < -0.39 is 0 Å². The number of hydrogen-bond acceptors (Lipinski definition) is 3. The second kappa shape index (κ2) is 10.9. The van der Waals surface area contributed by atoms with Crippen LogP contribution in [0, 0.1) is 5.92 Å². The molecule has 0 saturated carbocycles. The Hall–Kier alpha value is -3.08. The first kappa shape index (κ1) is 24.6. The Morgan fingerprint density at radius 3 is 2.61 bits per heavy atom. The highest BCUT2D eigenvalue weighted by Crippen LogP contribution is 2.38. The molecule has 4 nitrogen and oxygen atoms in total. The van der Waals surface area contributed by atoms with Gasteiger partial charge in [-0.1, -0.05) is 61.8 Å². The molecule has 2 unspecified atom stereocenters. The van der Waals surface area contributed by atoms with Crippen LogP contribution < -0.4 is 4.74 Å². The lowest BCUT2D eigenvalue weighted by molar-refractivity contribution is 0.169. The smallest absolute Gasteiger partial charge is 0.119 e. The van der Waals surface area contributed by atoms with Crippen molar-refractivity contribution in [2.24, 2.45) is 5.92 Å². The molecule has 1 N–H and O–H groups in total. The van der Waals surface area contributed by atoms with E-state index in [2.05, 4.69) is 84.4 Å². The molecule has 0 radical (unpaired) electrons. The Kier molecular flexibility index (Phi) is 7.45. The molecular weight excluding hydrogens is 466 g/mol. The molecule has 2 atom stereocenters. The molecule has 4 aromatic rings. The van der Waals surface area contributed by atoms with Crippen molar-refractivity contribution >= 4 is 33.7 Å². The number of aromatic amines is 1. The molecule has 0 bridgehead atoms. The summed E-state index contributed by atoms with van der Waals surface area (Å²) in [6.45, 7) is 9.81. The normalized spacial score (nSPS) is 17.8. The van der Waals surface area contributed by atoms with Crippen molar-refractivity contribution in [3.8, 4) is 5.75 Å². The average Bonchev–Trinajstić information content (AvgIpc) is 3.55. The second-order valence-electron chi connectivity index (χ2n) is 9.93. The zero-order chi connectivity index (χ0) is 25.1. The number of benzene rings is 3. The van der Waals surface area contributed by atoms with Crippen LogP contribution in [0.4, 0.5) is 0 Å². The Labute approximate surface area is 218 Å². The van der Waals surface area contributed by atoms with Gasteiger partial charge in [0.25, 0.3) is 0 Å². The standard InChI is InChI=1S/C31H34ClN3O/c1-4-27(28-7-5-6-8-29(28)32)31(24-11-14-30-25(17-24)18-33-34-30)23-9-12-26(13-10-23)36-20-22(3)35-16-15-21(2)19-35/h5-14,17-18,21-22H,4,15-16,19-20H2,1-3H3,(H,33,34). The minimum Gasteiger partial charge on any atom is -0.492 e. The van der Waals surface area contributed by atoms with E-state index in [1.54, 1.807) is 0 Å². The van der Waals surface area contributed by atoms with Crippen molar-refractivity contribution in [1.29, 1.82) is 0 Å². The van der Waals surface area contributed by atoms with E-state index in [1.807, 2.05) is 24.4 Å². The maximum Gasteiger partial charge on any atom is 0.119 e. The molecule has 3 aromatic carbocycles. The maximum atomic E-state index is 6.68. The highest BCUT2D eigenvalue weighted by atomic mass is 35.5. The van der Waals surface area contributed by atoms with Crippen molar-refractivity contribution in [2.45, 2.75) is 39.7 Å². The summed E-state index contributed by atoms with van der Waals surface area (Å²) in [4.78, 5) is 2.53. The first-order valence-electron chi connectivity index (χ1n) is 12.9. The summed E-state index contributed by atoms with van der Waals surface area (Å²) in [5.74, 6) is 1.68. The van der Waals surface area contributed by atoms with Gasteiger partial charge >= 0.3 is 0 Å². The maximum absolute atomic E-state index is 6.68. The van der Waals surface area contributed by atoms with Crippen LogP contribution in [-0.2, 0) is 0 Å². The number of fused-ring (bicyclic) bond motifs is 1. The van der Waals surface area contributed by atoms with Gasteiger partial charge in [-0.05, 0) is 90.4 Å². The predicted molar refractivity (Wildman–Crippen MR) is 151 cm³/mol. The van der Waals surface area contributed by atoms with Gasteiger partial charge in [0, 0.05) is 23.0 Å². The predicted octanol–water partition coefficient (Wildman–Crippen LogP) is 7.69. The highest BCUT2D eigenvalue weighted by molar-refractivity contribution is 6.32. The molecule has 5 heteroatoms. The van der Waals surface area contributed by atoms with Crippen LogP contribution >= 0.6 is 11.6 Å². The molecule has 1 aliphatic heterocycles. The van der Waals surface area contributed by atoms with Crippen LogP contribution in [0.25, 0.3) is 22.0 Å². The van der Waals surface area contributed by atoms with Crippen LogP contribution in [0.5, 0.6) is 5.75 Å². The molecule has 36 heavy (non-hydrogen) atoms. The summed E-state index contributed by atoms with van der Waals surface area (Å²) in [7, 11) is 0. The Bertz CT molecular complexity index is 1360. The minimum atomic E-state index is 0.415. The number of aromatic nitrogens is 2. The number of allylic oxidation sites excluding steroid dienone is 1. The highest BCUT2D eigenvalue weighted by Gasteiger charge is 2.23. The fourth-order valence-corrected chi connectivity index (χ4v) is 5.48. The molecule has 5 rings (SSSR count). The molecule has 1 fully saturated rings. The SMILES string of the molecule is CCC(=C(c1ccc(OCC(C)N2CCC(C)C2)cc1)c1ccc2[nH]ncc2c1)c1ccccc1Cl. The van der Waals surface area contributed by atoms with Crippen LogP contribution in [-0.4, -0.2) is 40.8 Å².